The van der Waals surface area contributed by atoms with E-state index in [0.717, 1.165) is 18.0 Å². The minimum absolute atomic E-state index is 0.268. The first-order valence-electron chi connectivity index (χ1n) is 5.42. The van der Waals surface area contributed by atoms with E-state index in [4.69, 9.17) is 5.11 Å². The molecule has 0 saturated heterocycles. The molecule has 6 nitrogen and oxygen atoms in total. The van der Waals surface area contributed by atoms with E-state index in [2.05, 4.69) is 14.9 Å². The van der Waals surface area contributed by atoms with Crippen LogP contribution in [0.2, 0.25) is 0 Å². The van der Waals surface area contributed by atoms with Crippen LogP contribution in [-0.4, -0.2) is 32.6 Å². The fourth-order valence-electron chi connectivity index (χ4n) is 2.10. The monoisotopic (exact) mass is 255 g/mol. The molecular formula is C10H13N3O3S. The number of carboxylic acids is 1. The van der Waals surface area contributed by atoms with Crippen LogP contribution >= 0.6 is 11.5 Å². The van der Waals surface area contributed by atoms with Gasteiger partial charge in [-0.05, 0) is 31.3 Å². The summed E-state index contributed by atoms with van der Waals surface area (Å²) in [7, 11) is 0. The van der Waals surface area contributed by atoms with E-state index in [1.54, 1.807) is 6.92 Å². The fourth-order valence-corrected chi connectivity index (χ4v) is 2.66. The minimum Gasteiger partial charge on any atom is -0.481 e. The number of hydrogen-bond donors (Lipinski definition) is 2. The van der Waals surface area contributed by atoms with E-state index < -0.39 is 11.9 Å². The summed E-state index contributed by atoms with van der Waals surface area (Å²) in [6.07, 6.45) is 2.18. The quantitative estimate of drug-likeness (QED) is 0.834. The molecule has 17 heavy (non-hydrogen) atoms. The molecule has 7 heteroatoms. The summed E-state index contributed by atoms with van der Waals surface area (Å²) in [6, 6.07) is -0.276. The van der Waals surface area contributed by atoms with E-state index >= 15 is 0 Å². The number of carboxylic acid groups (broad SMARTS) is 1. The van der Waals surface area contributed by atoms with Crippen LogP contribution in [0.5, 0.6) is 0 Å². The number of nitrogens with one attached hydrogen (secondary N) is 1. The highest BCUT2D eigenvalue weighted by Crippen LogP contribution is 2.26. The number of aliphatic carboxylic acids is 1. The van der Waals surface area contributed by atoms with Crippen LogP contribution < -0.4 is 5.32 Å². The Kier molecular flexibility index (Phi) is 3.37. The van der Waals surface area contributed by atoms with E-state index in [-0.39, 0.29) is 11.9 Å². The molecule has 1 saturated carbocycles. The van der Waals surface area contributed by atoms with E-state index in [0.29, 0.717) is 23.4 Å². The third-order valence-corrected chi connectivity index (χ3v) is 3.83. The topological polar surface area (TPSA) is 92.2 Å². The second-order valence-electron chi connectivity index (χ2n) is 4.14. The van der Waals surface area contributed by atoms with Crippen molar-refractivity contribution < 1.29 is 14.7 Å². The van der Waals surface area contributed by atoms with Crippen molar-refractivity contribution in [3.8, 4) is 0 Å². The molecule has 1 heterocycles. The normalized spacial score (nSPS) is 23.6. The first-order chi connectivity index (χ1) is 8.09. The Morgan fingerprint density at radius 2 is 2.24 bits per heavy atom. The van der Waals surface area contributed by atoms with Crippen molar-refractivity contribution in [2.45, 2.75) is 32.2 Å². The van der Waals surface area contributed by atoms with Gasteiger partial charge in [0.1, 0.15) is 4.88 Å². The standard InChI is InChI=1S/C10H13N3O3S/c1-5-8(17-13-12-5)9(14)11-7-4-2-3-6(7)10(15)16/h6-7H,2-4H2,1H3,(H,11,14)(H,15,16)/t6-,7+/m1/s1. The zero-order chi connectivity index (χ0) is 12.4. The van der Waals surface area contributed by atoms with Gasteiger partial charge in [0.2, 0.25) is 0 Å². The second kappa shape index (κ2) is 4.79. The summed E-state index contributed by atoms with van der Waals surface area (Å²) in [5, 5.41) is 15.5. The first kappa shape index (κ1) is 12.0. The van der Waals surface area contributed by atoms with Gasteiger partial charge in [-0.25, -0.2) is 0 Å². The van der Waals surface area contributed by atoms with Crippen molar-refractivity contribution in [1.82, 2.24) is 14.9 Å². The SMILES string of the molecule is Cc1nnsc1C(=O)N[C@H]1CCC[C@H]1C(=O)O. The summed E-state index contributed by atoms with van der Waals surface area (Å²) in [6.45, 7) is 1.71. The Balaban J connectivity index is 2.04. The van der Waals surface area contributed by atoms with Gasteiger partial charge >= 0.3 is 5.97 Å². The Morgan fingerprint density at radius 3 is 2.82 bits per heavy atom. The third-order valence-electron chi connectivity index (χ3n) is 3.01. The molecule has 0 spiro atoms. The van der Waals surface area contributed by atoms with Gasteiger partial charge < -0.3 is 10.4 Å². The van der Waals surface area contributed by atoms with Crippen LogP contribution in [-0.2, 0) is 4.79 Å². The molecule has 0 unspecified atom stereocenters. The highest BCUT2D eigenvalue weighted by atomic mass is 32.1. The zero-order valence-electron chi connectivity index (χ0n) is 9.34. The lowest BCUT2D eigenvalue weighted by atomic mass is 10.0. The number of aryl methyl sites for hydroxylation is 1. The van der Waals surface area contributed by atoms with Crippen LogP contribution in [0.25, 0.3) is 0 Å². The molecular weight excluding hydrogens is 242 g/mol. The maximum atomic E-state index is 11.9. The van der Waals surface area contributed by atoms with Gasteiger partial charge in [0, 0.05) is 6.04 Å². The highest BCUT2D eigenvalue weighted by Gasteiger charge is 2.34. The molecule has 2 N–H and O–H groups in total. The Labute approximate surface area is 102 Å². The lowest BCUT2D eigenvalue weighted by molar-refractivity contribution is -0.142. The van der Waals surface area contributed by atoms with Crippen molar-refractivity contribution in [2.75, 3.05) is 0 Å². The predicted octanol–water partition coefficient (Wildman–Crippen LogP) is 0.830. The molecule has 1 fully saturated rings. The predicted molar refractivity (Wildman–Crippen MR) is 60.9 cm³/mol. The van der Waals surface area contributed by atoms with Crippen LogP contribution in [0.3, 0.4) is 0 Å². The molecule has 2 atom stereocenters. The Morgan fingerprint density at radius 1 is 1.47 bits per heavy atom. The number of rotatable bonds is 3. The second-order valence-corrected chi connectivity index (χ2v) is 4.90. The molecule has 1 aromatic rings. The fraction of sp³-hybridized carbons (Fsp3) is 0.600. The van der Waals surface area contributed by atoms with E-state index in [9.17, 15) is 9.59 Å². The van der Waals surface area contributed by atoms with E-state index in [1.807, 2.05) is 0 Å². The number of amides is 1. The Bertz CT molecular complexity index is 446. The number of aromatic nitrogens is 2. The summed E-state index contributed by atoms with van der Waals surface area (Å²) >= 11 is 1.03. The van der Waals surface area contributed by atoms with E-state index in [1.165, 1.54) is 0 Å². The average molecular weight is 255 g/mol. The van der Waals surface area contributed by atoms with Gasteiger partial charge in [0.15, 0.2) is 0 Å². The Hall–Kier alpha value is -1.50. The number of nitrogens with zero attached hydrogens (tertiary/aromatic N) is 2. The van der Waals surface area contributed by atoms with Gasteiger partial charge in [-0.15, -0.1) is 5.10 Å². The van der Waals surface area contributed by atoms with Crippen molar-refractivity contribution in [3.63, 3.8) is 0 Å². The number of carbonyl (C=O) groups is 2. The average Bonchev–Trinajstić information content (AvgIpc) is 2.86. The van der Waals surface area contributed by atoms with Crippen LogP contribution in [0.1, 0.15) is 34.6 Å². The smallest absolute Gasteiger partial charge is 0.308 e. The summed E-state index contributed by atoms with van der Waals surface area (Å²) in [5.74, 6) is -1.58. The lowest BCUT2D eigenvalue weighted by Crippen LogP contribution is -2.40. The van der Waals surface area contributed by atoms with Crippen LogP contribution in [0.15, 0.2) is 0 Å². The number of carbonyl (C=O) groups excluding carboxylic acids is 1. The lowest BCUT2D eigenvalue weighted by Gasteiger charge is -2.16. The van der Waals surface area contributed by atoms with Gasteiger partial charge in [-0.1, -0.05) is 10.9 Å². The van der Waals surface area contributed by atoms with Gasteiger partial charge in [-0.2, -0.15) is 0 Å². The van der Waals surface area contributed by atoms with Gasteiger partial charge in [0.25, 0.3) is 5.91 Å². The molecule has 0 aliphatic heterocycles. The van der Waals surface area contributed by atoms with Crippen LogP contribution in [0.4, 0.5) is 0 Å². The minimum atomic E-state index is -0.841. The highest BCUT2D eigenvalue weighted by molar-refractivity contribution is 7.08. The molecule has 1 aliphatic carbocycles. The van der Waals surface area contributed by atoms with Crippen molar-refractivity contribution in [2.24, 2.45) is 5.92 Å². The molecule has 0 radical (unpaired) electrons. The summed E-state index contributed by atoms with van der Waals surface area (Å²) in [5.41, 5.74) is 0.581. The molecule has 1 aliphatic rings. The van der Waals surface area contributed by atoms with Gasteiger partial charge in [-0.3, -0.25) is 9.59 Å². The van der Waals surface area contributed by atoms with Crippen LogP contribution in [0, 0.1) is 12.8 Å². The maximum absolute atomic E-state index is 11.9. The third kappa shape index (κ3) is 2.44. The first-order valence-corrected chi connectivity index (χ1v) is 6.19. The molecule has 92 valence electrons. The van der Waals surface area contributed by atoms with Crippen molar-refractivity contribution in [3.05, 3.63) is 10.6 Å². The largest absolute Gasteiger partial charge is 0.481 e. The van der Waals surface area contributed by atoms with Crippen molar-refractivity contribution in [1.29, 1.82) is 0 Å². The molecule has 2 rings (SSSR count). The molecule has 0 aromatic carbocycles. The molecule has 1 aromatic heterocycles. The molecule has 0 bridgehead atoms. The molecule has 1 amide bonds. The maximum Gasteiger partial charge on any atom is 0.308 e. The number of hydrogen-bond acceptors (Lipinski definition) is 5. The zero-order valence-corrected chi connectivity index (χ0v) is 10.2. The summed E-state index contributed by atoms with van der Waals surface area (Å²) in [4.78, 5) is 23.3. The van der Waals surface area contributed by atoms with Gasteiger partial charge in [0.05, 0.1) is 11.6 Å². The summed E-state index contributed by atoms with van der Waals surface area (Å²) < 4.78 is 3.69. The van der Waals surface area contributed by atoms with Crippen molar-refractivity contribution >= 4 is 23.4 Å².